The second kappa shape index (κ2) is 7.70. The molecule has 0 aliphatic rings. The molecule has 0 fully saturated rings. The van der Waals surface area contributed by atoms with Gasteiger partial charge in [-0.05, 0) is 35.7 Å². The van der Waals surface area contributed by atoms with Crippen molar-refractivity contribution in [3.05, 3.63) is 64.7 Å². The minimum absolute atomic E-state index is 0.0239. The summed E-state index contributed by atoms with van der Waals surface area (Å²) in [7, 11) is 1.64. The molecule has 2 aromatic carbocycles. The van der Waals surface area contributed by atoms with Crippen molar-refractivity contribution in [3.8, 4) is 5.75 Å². The SMILES string of the molecule is COc1ccccc1CCC(=O)NCc1ccc(Cl)cc1. The summed E-state index contributed by atoms with van der Waals surface area (Å²) in [5.41, 5.74) is 2.08. The van der Waals surface area contributed by atoms with Crippen molar-refractivity contribution in [2.45, 2.75) is 19.4 Å². The Morgan fingerprint density at radius 1 is 1.14 bits per heavy atom. The zero-order valence-corrected chi connectivity index (χ0v) is 12.7. The topological polar surface area (TPSA) is 38.3 Å². The number of methoxy groups -OCH3 is 1. The molecule has 0 atom stereocenters. The maximum atomic E-state index is 11.9. The molecule has 0 radical (unpaired) electrons. The van der Waals surface area contributed by atoms with Gasteiger partial charge in [-0.2, -0.15) is 0 Å². The Kier molecular flexibility index (Phi) is 5.64. The maximum Gasteiger partial charge on any atom is 0.220 e. The molecule has 2 rings (SSSR count). The molecular formula is C17H18ClNO2. The number of aryl methyl sites for hydroxylation is 1. The Hall–Kier alpha value is -2.00. The molecule has 1 N–H and O–H groups in total. The first-order chi connectivity index (χ1) is 10.2. The van der Waals surface area contributed by atoms with Crippen LogP contribution in [0.4, 0.5) is 0 Å². The molecule has 1 amide bonds. The van der Waals surface area contributed by atoms with Gasteiger partial charge in [0.05, 0.1) is 7.11 Å². The van der Waals surface area contributed by atoms with E-state index >= 15 is 0 Å². The molecule has 110 valence electrons. The second-order valence-electron chi connectivity index (χ2n) is 4.72. The van der Waals surface area contributed by atoms with Crippen LogP contribution in [-0.2, 0) is 17.8 Å². The van der Waals surface area contributed by atoms with E-state index in [4.69, 9.17) is 16.3 Å². The summed E-state index contributed by atoms with van der Waals surface area (Å²) in [6.07, 6.45) is 1.10. The third-order valence-corrected chi connectivity index (χ3v) is 3.47. The Bertz CT molecular complexity index is 596. The van der Waals surface area contributed by atoms with Crippen LogP contribution in [0.5, 0.6) is 5.75 Å². The fraction of sp³-hybridized carbons (Fsp3) is 0.235. The van der Waals surface area contributed by atoms with Gasteiger partial charge in [-0.15, -0.1) is 0 Å². The predicted molar refractivity (Wildman–Crippen MR) is 84.6 cm³/mol. The minimum atomic E-state index is 0.0239. The Morgan fingerprint density at radius 2 is 1.86 bits per heavy atom. The molecule has 0 aromatic heterocycles. The molecule has 0 aliphatic carbocycles. The third-order valence-electron chi connectivity index (χ3n) is 3.22. The molecule has 0 saturated carbocycles. The average molecular weight is 304 g/mol. The molecular weight excluding hydrogens is 286 g/mol. The van der Waals surface area contributed by atoms with E-state index in [0.29, 0.717) is 24.4 Å². The van der Waals surface area contributed by atoms with E-state index in [1.165, 1.54) is 0 Å². The van der Waals surface area contributed by atoms with Gasteiger partial charge < -0.3 is 10.1 Å². The molecule has 0 bridgehead atoms. The summed E-state index contributed by atoms with van der Waals surface area (Å²) in [5.74, 6) is 0.846. The predicted octanol–water partition coefficient (Wildman–Crippen LogP) is 3.60. The lowest BCUT2D eigenvalue weighted by Crippen LogP contribution is -2.23. The highest BCUT2D eigenvalue weighted by molar-refractivity contribution is 6.30. The van der Waals surface area contributed by atoms with E-state index in [0.717, 1.165) is 16.9 Å². The number of benzene rings is 2. The van der Waals surface area contributed by atoms with Gasteiger partial charge >= 0.3 is 0 Å². The summed E-state index contributed by atoms with van der Waals surface area (Å²) in [4.78, 5) is 11.9. The molecule has 0 unspecified atom stereocenters. The number of carbonyl (C=O) groups excluding carboxylic acids is 1. The fourth-order valence-electron chi connectivity index (χ4n) is 2.05. The summed E-state index contributed by atoms with van der Waals surface area (Å²) >= 11 is 5.82. The van der Waals surface area contributed by atoms with Crippen molar-refractivity contribution in [3.63, 3.8) is 0 Å². The number of hydrogen-bond acceptors (Lipinski definition) is 2. The smallest absolute Gasteiger partial charge is 0.220 e. The lowest BCUT2D eigenvalue weighted by atomic mass is 10.1. The van der Waals surface area contributed by atoms with E-state index in [-0.39, 0.29) is 5.91 Å². The third kappa shape index (κ3) is 4.80. The van der Waals surface area contributed by atoms with Crippen LogP contribution in [0.25, 0.3) is 0 Å². The fourth-order valence-corrected chi connectivity index (χ4v) is 2.17. The number of hydrogen-bond donors (Lipinski definition) is 1. The van der Waals surface area contributed by atoms with Gasteiger partial charge in [0.1, 0.15) is 5.75 Å². The van der Waals surface area contributed by atoms with Crippen molar-refractivity contribution < 1.29 is 9.53 Å². The standard InChI is InChI=1S/C17H18ClNO2/c1-21-16-5-3-2-4-14(16)8-11-17(20)19-12-13-6-9-15(18)10-7-13/h2-7,9-10H,8,11-12H2,1H3,(H,19,20). The summed E-state index contributed by atoms with van der Waals surface area (Å²) in [5, 5.41) is 3.60. The van der Waals surface area contributed by atoms with Gasteiger partial charge in [0.15, 0.2) is 0 Å². The number of ether oxygens (including phenoxy) is 1. The van der Waals surface area contributed by atoms with Crippen LogP contribution in [0.2, 0.25) is 5.02 Å². The van der Waals surface area contributed by atoms with Gasteiger partial charge in [-0.3, -0.25) is 4.79 Å². The Labute approximate surface area is 129 Å². The normalized spacial score (nSPS) is 10.2. The van der Waals surface area contributed by atoms with Crippen molar-refractivity contribution in [1.82, 2.24) is 5.32 Å². The van der Waals surface area contributed by atoms with E-state index in [2.05, 4.69) is 5.32 Å². The monoisotopic (exact) mass is 303 g/mol. The summed E-state index contributed by atoms with van der Waals surface area (Å²) < 4.78 is 5.27. The average Bonchev–Trinajstić information content (AvgIpc) is 2.52. The van der Waals surface area contributed by atoms with Crippen LogP contribution < -0.4 is 10.1 Å². The highest BCUT2D eigenvalue weighted by Crippen LogP contribution is 2.18. The maximum absolute atomic E-state index is 11.9. The highest BCUT2D eigenvalue weighted by atomic mass is 35.5. The molecule has 3 nitrogen and oxygen atoms in total. The minimum Gasteiger partial charge on any atom is -0.496 e. The van der Waals surface area contributed by atoms with Crippen LogP contribution in [0.3, 0.4) is 0 Å². The van der Waals surface area contributed by atoms with E-state index in [1.54, 1.807) is 7.11 Å². The molecule has 0 heterocycles. The lowest BCUT2D eigenvalue weighted by Gasteiger charge is -2.08. The Morgan fingerprint density at radius 3 is 2.57 bits per heavy atom. The molecule has 0 saturated heterocycles. The van der Waals surface area contributed by atoms with E-state index < -0.39 is 0 Å². The van der Waals surface area contributed by atoms with Crippen molar-refractivity contribution >= 4 is 17.5 Å². The number of nitrogens with one attached hydrogen (secondary N) is 1. The van der Waals surface area contributed by atoms with Gasteiger partial charge in [0.2, 0.25) is 5.91 Å². The van der Waals surface area contributed by atoms with Crippen LogP contribution in [0.15, 0.2) is 48.5 Å². The first-order valence-electron chi connectivity index (χ1n) is 6.82. The first-order valence-corrected chi connectivity index (χ1v) is 7.20. The molecule has 21 heavy (non-hydrogen) atoms. The molecule has 0 aliphatic heterocycles. The second-order valence-corrected chi connectivity index (χ2v) is 5.15. The zero-order valence-electron chi connectivity index (χ0n) is 11.9. The quantitative estimate of drug-likeness (QED) is 0.885. The van der Waals surface area contributed by atoms with Crippen molar-refractivity contribution in [2.24, 2.45) is 0 Å². The van der Waals surface area contributed by atoms with Crippen molar-refractivity contribution in [1.29, 1.82) is 0 Å². The molecule has 4 heteroatoms. The first kappa shape index (κ1) is 15.4. The van der Waals surface area contributed by atoms with Crippen LogP contribution in [-0.4, -0.2) is 13.0 Å². The van der Waals surface area contributed by atoms with Gasteiger partial charge in [-0.1, -0.05) is 41.9 Å². The zero-order chi connectivity index (χ0) is 15.1. The summed E-state index contributed by atoms with van der Waals surface area (Å²) in [6.45, 7) is 0.516. The van der Waals surface area contributed by atoms with Crippen molar-refractivity contribution in [2.75, 3.05) is 7.11 Å². The largest absolute Gasteiger partial charge is 0.496 e. The summed E-state index contributed by atoms with van der Waals surface area (Å²) in [6, 6.07) is 15.2. The number of carbonyl (C=O) groups is 1. The van der Waals surface area contributed by atoms with Crippen LogP contribution in [0, 0.1) is 0 Å². The number of rotatable bonds is 6. The van der Waals surface area contributed by atoms with Crippen LogP contribution in [0.1, 0.15) is 17.5 Å². The highest BCUT2D eigenvalue weighted by Gasteiger charge is 2.06. The number of amides is 1. The lowest BCUT2D eigenvalue weighted by molar-refractivity contribution is -0.121. The molecule has 0 spiro atoms. The van der Waals surface area contributed by atoms with E-state index in [1.807, 2.05) is 48.5 Å². The van der Waals surface area contributed by atoms with Crippen LogP contribution >= 0.6 is 11.6 Å². The van der Waals surface area contributed by atoms with Gasteiger partial charge in [0, 0.05) is 18.0 Å². The Balaban J connectivity index is 1.81. The van der Waals surface area contributed by atoms with Gasteiger partial charge in [0.25, 0.3) is 0 Å². The van der Waals surface area contributed by atoms with Gasteiger partial charge in [-0.25, -0.2) is 0 Å². The molecule has 2 aromatic rings. The van der Waals surface area contributed by atoms with E-state index in [9.17, 15) is 4.79 Å². The number of para-hydroxylation sites is 1. The number of halogens is 1.